The first-order valence-electron chi connectivity index (χ1n) is 8.33. The van der Waals surface area contributed by atoms with E-state index in [1.54, 1.807) is 12.1 Å². The Bertz CT molecular complexity index is 636. The number of carbonyl (C=O) groups is 1. The second kappa shape index (κ2) is 8.25. The molecule has 0 heterocycles. The summed E-state index contributed by atoms with van der Waals surface area (Å²) in [7, 11) is 0. The van der Waals surface area contributed by atoms with Crippen LogP contribution < -0.4 is 0 Å². The van der Waals surface area contributed by atoms with Crippen LogP contribution in [0, 0.1) is 30.5 Å². The molecule has 0 bridgehead atoms. The number of hydrogen-bond acceptors (Lipinski definition) is 3. The fourth-order valence-electron chi connectivity index (χ4n) is 3.22. The van der Waals surface area contributed by atoms with Crippen molar-refractivity contribution in [2.45, 2.75) is 33.1 Å². The molecular formula is C20H25FO3. The average molecular weight is 332 g/mol. The number of aryl methyl sites for hydroxylation is 2. The van der Waals surface area contributed by atoms with Crippen molar-refractivity contribution in [2.24, 2.45) is 17.8 Å². The number of benzene rings is 1. The Labute approximate surface area is 142 Å². The van der Waals surface area contributed by atoms with Gasteiger partial charge in [-0.25, -0.2) is 4.39 Å². The van der Waals surface area contributed by atoms with E-state index in [0.717, 1.165) is 5.56 Å². The molecule has 0 radical (unpaired) electrons. The molecule has 4 heteroatoms. The first-order chi connectivity index (χ1) is 11.5. The summed E-state index contributed by atoms with van der Waals surface area (Å²) in [4.78, 5) is 12.2. The van der Waals surface area contributed by atoms with Crippen LogP contribution in [0.5, 0.6) is 0 Å². The van der Waals surface area contributed by atoms with E-state index >= 15 is 0 Å². The van der Waals surface area contributed by atoms with E-state index < -0.39 is 6.79 Å². The normalized spacial score (nSPS) is 22.0. The van der Waals surface area contributed by atoms with E-state index in [4.69, 9.17) is 9.84 Å². The van der Waals surface area contributed by atoms with Gasteiger partial charge in [0.25, 0.3) is 0 Å². The molecular weight excluding hydrogens is 307 g/mol. The average Bonchev–Trinajstić information content (AvgIpc) is 2.55. The van der Waals surface area contributed by atoms with Gasteiger partial charge in [0.15, 0.2) is 12.6 Å². The number of allylic oxidation sites excluding steroid dienone is 3. The number of rotatable bonds is 7. The van der Waals surface area contributed by atoms with Gasteiger partial charge in [0.1, 0.15) is 11.6 Å². The highest BCUT2D eigenvalue weighted by Crippen LogP contribution is 2.35. The van der Waals surface area contributed by atoms with Gasteiger partial charge in [-0.2, -0.15) is 0 Å². The number of ketones is 1. The minimum Gasteiger partial charge on any atom is -0.472 e. The quantitative estimate of drug-likeness (QED) is 0.607. The van der Waals surface area contributed by atoms with Crippen molar-refractivity contribution in [2.75, 3.05) is 6.79 Å². The molecule has 0 saturated carbocycles. The minimum atomic E-state index is -0.462. The van der Waals surface area contributed by atoms with E-state index in [1.165, 1.54) is 12.1 Å². The number of carbonyl (C=O) groups excluding carboxylic acids is 1. The fourth-order valence-corrected chi connectivity index (χ4v) is 3.22. The molecule has 0 aromatic heterocycles. The third-order valence-electron chi connectivity index (χ3n) is 4.80. The maximum atomic E-state index is 14.0. The third kappa shape index (κ3) is 4.32. The molecule has 0 amide bonds. The van der Waals surface area contributed by atoms with Crippen molar-refractivity contribution < 1.29 is 19.0 Å². The lowest BCUT2D eigenvalue weighted by molar-refractivity contribution is -0.121. The lowest BCUT2D eigenvalue weighted by atomic mass is 9.76. The molecule has 2 rings (SSSR count). The lowest BCUT2D eigenvalue weighted by Gasteiger charge is -2.30. The molecule has 1 aromatic carbocycles. The topological polar surface area (TPSA) is 46.5 Å². The van der Waals surface area contributed by atoms with E-state index in [9.17, 15) is 9.18 Å². The first kappa shape index (κ1) is 18.4. The van der Waals surface area contributed by atoms with Crippen molar-refractivity contribution in [1.29, 1.82) is 0 Å². The highest BCUT2D eigenvalue weighted by molar-refractivity contribution is 5.93. The Kier molecular flexibility index (Phi) is 6.32. The first-order valence-corrected chi connectivity index (χ1v) is 8.33. The molecule has 1 aliphatic rings. The summed E-state index contributed by atoms with van der Waals surface area (Å²) < 4.78 is 19.3. The van der Waals surface area contributed by atoms with Gasteiger partial charge in [0, 0.05) is 17.9 Å². The molecule has 0 aliphatic heterocycles. The molecule has 3 unspecified atom stereocenters. The molecule has 130 valence electrons. The van der Waals surface area contributed by atoms with Crippen LogP contribution in [0.15, 0.2) is 42.7 Å². The Balaban J connectivity index is 2.14. The van der Waals surface area contributed by atoms with Gasteiger partial charge in [-0.05, 0) is 49.3 Å². The van der Waals surface area contributed by atoms with E-state index in [-0.39, 0.29) is 29.4 Å². The second-order valence-electron chi connectivity index (χ2n) is 6.49. The van der Waals surface area contributed by atoms with Crippen molar-refractivity contribution in [3.63, 3.8) is 0 Å². The van der Waals surface area contributed by atoms with Crippen LogP contribution >= 0.6 is 0 Å². The zero-order valence-corrected chi connectivity index (χ0v) is 14.3. The van der Waals surface area contributed by atoms with Crippen LogP contribution in [0.4, 0.5) is 4.39 Å². The van der Waals surface area contributed by atoms with Crippen LogP contribution in [0.2, 0.25) is 0 Å². The molecule has 0 saturated heterocycles. The summed E-state index contributed by atoms with van der Waals surface area (Å²) in [5.41, 5.74) is 1.55. The van der Waals surface area contributed by atoms with Crippen LogP contribution in [0.25, 0.3) is 0 Å². The largest absolute Gasteiger partial charge is 0.472 e. The van der Waals surface area contributed by atoms with Crippen molar-refractivity contribution in [1.82, 2.24) is 0 Å². The van der Waals surface area contributed by atoms with Gasteiger partial charge < -0.3 is 9.84 Å². The molecule has 3 atom stereocenters. The Morgan fingerprint density at radius 1 is 1.50 bits per heavy atom. The molecule has 1 N–H and O–H groups in total. The summed E-state index contributed by atoms with van der Waals surface area (Å²) in [5, 5.41) is 9.05. The molecule has 0 spiro atoms. The summed E-state index contributed by atoms with van der Waals surface area (Å²) in [6, 6.07) is 5.23. The maximum Gasteiger partial charge on any atom is 0.185 e. The van der Waals surface area contributed by atoms with Gasteiger partial charge in [-0.1, -0.05) is 25.1 Å². The van der Waals surface area contributed by atoms with Gasteiger partial charge in [0.05, 0.1) is 0 Å². The second-order valence-corrected chi connectivity index (χ2v) is 6.49. The highest BCUT2D eigenvalue weighted by Gasteiger charge is 2.33. The highest BCUT2D eigenvalue weighted by atomic mass is 19.1. The van der Waals surface area contributed by atoms with E-state index in [2.05, 4.69) is 6.58 Å². The Morgan fingerprint density at radius 2 is 2.25 bits per heavy atom. The van der Waals surface area contributed by atoms with Crippen LogP contribution in [-0.4, -0.2) is 17.7 Å². The summed E-state index contributed by atoms with van der Waals surface area (Å²) in [6.07, 6.45) is 5.13. The van der Waals surface area contributed by atoms with E-state index in [1.807, 2.05) is 19.9 Å². The number of aliphatic hydroxyl groups excluding tert-OH is 1. The van der Waals surface area contributed by atoms with Gasteiger partial charge in [-0.15, -0.1) is 6.58 Å². The van der Waals surface area contributed by atoms with E-state index in [0.29, 0.717) is 30.6 Å². The van der Waals surface area contributed by atoms with Crippen LogP contribution in [-0.2, 0) is 16.0 Å². The predicted octanol–water partition coefficient (Wildman–Crippen LogP) is 3.94. The Morgan fingerprint density at radius 3 is 2.88 bits per heavy atom. The third-order valence-corrected chi connectivity index (χ3v) is 4.80. The summed E-state index contributed by atoms with van der Waals surface area (Å²) in [5.74, 6) is 0.227. The smallest absolute Gasteiger partial charge is 0.185 e. The zero-order chi connectivity index (χ0) is 17.7. The molecule has 3 nitrogen and oxygen atoms in total. The van der Waals surface area contributed by atoms with Crippen LogP contribution in [0.3, 0.4) is 0 Å². The van der Waals surface area contributed by atoms with Gasteiger partial charge in [0.2, 0.25) is 0 Å². The van der Waals surface area contributed by atoms with Gasteiger partial charge >= 0.3 is 0 Å². The summed E-state index contributed by atoms with van der Waals surface area (Å²) >= 11 is 0. The Hall–Kier alpha value is -1.94. The lowest BCUT2D eigenvalue weighted by Crippen LogP contribution is -2.29. The zero-order valence-electron chi connectivity index (χ0n) is 14.3. The monoisotopic (exact) mass is 332 g/mol. The molecule has 1 aliphatic carbocycles. The maximum absolute atomic E-state index is 14.0. The van der Waals surface area contributed by atoms with Crippen molar-refractivity contribution in [3.8, 4) is 0 Å². The molecule has 0 fully saturated rings. The SMILES string of the molecule is C=CC(C)C1CC(CCc2ccc(C)cc2F)C(OCO)=CC1=O. The van der Waals surface area contributed by atoms with Crippen LogP contribution in [0.1, 0.15) is 30.9 Å². The predicted molar refractivity (Wildman–Crippen MR) is 91.7 cm³/mol. The number of hydrogen-bond donors (Lipinski definition) is 1. The molecule has 24 heavy (non-hydrogen) atoms. The molecule has 1 aromatic rings. The van der Waals surface area contributed by atoms with Crippen molar-refractivity contribution in [3.05, 3.63) is 59.6 Å². The van der Waals surface area contributed by atoms with Crippen molar-refractivity contribution >= 4 is 5.78 Å². The standard InChI is InChI=1S/C20H25FO3/c1-4-14(3)17-10-16(20(24-12-22)11-19(17)23)8-7-15-6-5-13(2)9-18(15)21/h4-6,9,11,14,16-17,22H,1,7-8,10,12H2,2-3H3. The number of halogens is 1. The summed E-state index contributed by atoms with van der Waals surface area (Å²) in [6.45, 7) is 7.14. The minimum absolute atomic E-state index is 0.00335. The fraction of sp³-hybridized carbons (Fsp3) is 0.450. The van der Waals surface area contributed by atoms with Gasteiger partial charge in [-0.3, -0.25) is 4.79 Å². The number of ether oxygens (including phenoxy) is 1. The number of aliphatic hydroxyl groups is 1.